The molecule has 0 atom stereocenters. The zero-order valence-corrected chi connectivity index (χ0v) is 15.5. The van der Waals surface area contributed by atoms with Gasteiger partial charge in [-0.25, -0.2) is 0 Å². The molecule has 1 aromatic rings. The maximum absolute atomic E-state index is 12.3. The summed E-state index contributed by atoms with van der Waals surface area (Å²) < 4.78 is 10.2. The summed E-state index contributed by atoms with van der Waals surface area (Å²) in [6.45, 7) is 5.20. The van der Waals surface area contributed by atoms with Crippen LogP contribution in [0, 0.1) is 0 Å². The molecule has 1 heterocycles. The topological polar surface area (TPSA) is 54.0 Å². The van der Waals surface area contributed by atoms with Crippen molar-refractivity contribution in [3.8, 4) is 0 Å². The van der Waals surface area contributed by atoms with Gasteiger partial charge < -0.3 is 19.7 Å². The van der Waals surface area contributed by atoms with Crippen LogP contribution in [0.1, 0.15) is 19.3 Å². The van der Waals surface area contributed by atoms with E-state index in [9.17, 15) is 4.79 Å². The van der Waals surface area contributed by atoms with E-state index in [-0.39, 0.29) is 5.91 Å². The Hall–Kier alpha value is -1.63. The lowest BCUT2D eigenvalue weighted by molar-refractivity contribution is -0.117. The minimum atomic E-state index is -0.0158. The van der Waals surface area contributed by atoms with Gasteiger partial charge in [-0.2, -0.15) is 0 Å². The molecule has 1 fully saturated rings. The van der Waals surface area contributed by atoms with E-state index in [0.29, 0.717) is 32.8 Å². The van der Waals surface area contributed by atoms with E-state index in [1.807, 2.05) is 17.0 Å². The Morgan fingerprint density at radius 1 is 1.04 bits per heavy atom. The summed E-state index contributed by atoms with van der Waals surface area (Å²) in [5.41, 5.74) is 2.07. The fraction of sp³-hybridized carbons (Fsp3) is 0.632. The van der Waals surface area contributed by atoms with E-state index in [1.165, 1.54) is 24.9 Å². The minimum Gasteiger partial charge on any atom is -0.383 e. The molecule has 0 aliphatic carbocycles. The third kappa shape index (κ3) is 7.02. The second-order valence-corrected chi connectivity index (χ2v) is 6.40. The SMILES string of the molecule is COCCN(CCOC)CC(=O)Nc1ccc(N2CCCCC2)cc1. The van der Waals surface area contributed by atoms with Gasteiger partial charge >= 0.3 is 0 Å². The molecular formula is C19H31N3O3. The lowest BCUT2D eigenvalue weighted by atomic mass is 10.1. The lowest BCUT2D eigenvalue weighted by Gasteiger charge is -2.28. The predicted octanol–water partition coefficient (Wildman–Crippen LogP) is 2.21. The predicted molar refractivity (Wildman–Crippen MR) is 101 cm³/mol. The smallest absolute Gasteiger partial charge is 0.238 e. The monoisotopic (exact) mass is 349 g/mol. The highest BCUT2D eigenvalue weighted by atomic mass is 16.5. The molecule has 1 saturated heterocycles. The van der Waals surface area contributed by atoms with Crippen LogP contribution in [0.3, 0.4) is 0 Å². The molecule has 1 amide bonds. The number of hydrogen-bond donors (Lipinski definition) is 1. The number of nitrogens with one attached hydrogen (secondary N) is 1. The van der Waals surface area contributed by atoms with Gasteiger partial charge in [0.05, 0.1) is 19.8 Å². The Bertz CT molecular complexity index is 493. The summed E-state index contributed by atoms with van der Waals surface area (Å²) in [7, 11) is 3.33. The largest absolute Gasteiger partial charge is 0.383 e. The molecule has 1 N–H and O–H groups in total. The Morgan fingerprint density at radius 3 is 2.20 bits per heavy atom. The highest BCUT2D eigenvalue weighted by Crippen LogP contribution is 2.21. The number of ether oxygens (including phenoxy) is 2. The second kappa shape index (κ2) is 11.1. The van der Waals surface area contributed by atoms with Crippen molar-refractivity contribution in [2.24, 2.45) is 0 Å². The molecule has 6 nitrogen and oxygen atoms in total. The van der Waals surface area contributed by atoms with Crippen molar-refractivity contribution in [3.63, 3.8) is 0 Å². The summed E-state index contributed by atoms with van der Waals surface area (Å²) in [6, 6.07) is 8.15. The van der Waals surface area contributed by atoms with Crippen LogP contribution >= 0.6 is 0 Å². The van der Waals surface area contributed by atoms with E-state index < -0.39 is 0 Å². The van der Waals surface area contributed by atoms with E-state index in [4.69, 9.17) is 9.47 Å². The van der Waals surface area contributed by atoms with E-state index in [1.54, 1.807) is 14.2 Å². The molecule has 0 saturated carbocycles. The van der Waals surface area contributed by atoms with Crippen LogP contribution in [0.15, 0.2) is 24.3 Å². The van der Waals surface area contributed by atoms with Crippen LogP contribution in [0.2, 0.25) is 0 Å². The Kier molecular flexibility index (Phi) is 8.72. The Labute approximate surface area is 151 Å². The van der Waals surface area contributed by atoms with E-state index in [0.717, 1.165) is 18.8 Å². The number of rotatable bonds is 10. The maximum Gasteiger partial charge on any atom is 0.238 e. The van der Waals surface area contributed by atoms with Crippen molar-refractivity contribution in [2.75, 3.05) is 70.4 Å². The number of carbonyl (C=O) groups excluding carboxylic acids is 1. The molecule has 0 unspecified atom stereocenters. The van der Waals surface area contributed by atoms with Crippen molar-refractivity contribution in [3.05, 3.63) is 24.3 Å². The summed E-state index contributed by atoms with van der Waals surface area (Å²) >= 11 is 0. The molecule has 0 spiro atoms. The molecule has 1 aliphatic rings. The zero-order chi connectivity index (χ0) is 17.9. The first kappa shape index (κ1) is 19.7. The average molecular weight is 349 g/mol. The quantitative estimate of drug-likeness (QED) is 0.702. The molecule has 0 radical (unpaired) electrons. The van der Waals surface area contributed by atoms with Gasteiger partial charge in [-0.1, -0.05) is 0 Å². The highest BCUT2D eigenvalue weighted by Gasteiger charge is 2.12. The average Bonchev–Trinajstić information content (AvgIpc) is 2.65. The first-order valence-electron chi connectivity index (χ1n) is 9.08. The fourth-order valence-electron chi connectivity index (χ4n) is 3.02. The van der Waals surface area contributed by atoms with Gasteiger partial charge in [0.1, 0.15) is 0 Å². The van der Waals surface area contributed by atoms with Gasteiger partial charge in [0.15, 0.2) is 0 Å². The summed E-state index contributed by atoms with van der Waals surface area (Å²) in [5.74, 6) is -0.0158. The number of amides is 1. The molecule has 6 heteroatoms. The van der Waals surface area contributed by atoms with Gasteiger partial charge in [-0.15, -0.1) is 0 Å². The summed E-state index contributed by atoms with van der Waals surface area (Å²) in [6.07, 6.45) is 3.85. The van der Waals surface area contributed by atoms with Gasteiger partial charge in [0, 0.05) is 51.8 Å². The molecule has 1 aliphatic heterocycles. The molecule has 1 aromatic carbocycles. The van der Waals surface area contributed by atoms with Crippen LogP contribution in [-0.2, 0) is 14.3 Å². The van der Waals surface area contributed by atoms with E-state index >= 15 is 0 Å². The van der Waals surface area contributed by atoms with Crippen molar-refractivity contribution >= 4 is 17.3 Å². The summed E-state index contributed by atoms with van der Waals surface area (Å²) in [4.78, 5) is 16.7. The molecular weight excluding hydrogens is 318 g/mol. The minimum absolute atomic E-state index is 0.0158. The van der Waals surface area contributed by atoms with Crippen LogP contribution in [0.5, 0.6) is 0 Å². The first-order chi connectivity index (χ1) is 12.2. The van der Waals surface area contributed by atoms with Crippen LogP contribution in [0.25, 0.3) is 0 Å². The summed E-state index contributed by atoms with van der Waals surface area (Å²) in [5, 5.41) is 2.97. The van der Waals surface area contributed by atoms with E-state index in [2.05, 4.69) is 22.3 Å². The zero-order valence-electron chi connectivity index (χ0n) is 15.5. The van der Waals surface area contributed by atoms with Crippen LogP contribution < -0.4 is 10.2 Å². The van der Waals surface area contributed by atoms with Crippen LogP contribution in [-0.4, -0.2) is 71.0 Å². The molecule has 2 rings (SSSR count). The van der Waals surface area contributed by atoms with Crippen LogP contribution in [0.4, 0.5) is 11.4 Å². The number of nitrogens with zero attached hydrogens (tertiary/aromatic N) is 2. The fourth-order valence-corrected chi connectivity index (χ4v) is 3.02. The highest BCUT2D eigenvalue weighted by molar-refractivity contribution is 5.92. The van der Waals surface area contributed by atoms with Gasteiger partial charge in [0.25, 0.3) is 0 Å². The number of piperidine rings is 1. The molecule has 0 bridgehead atoms. The van der Waals surface area contributed by atoms with Crippen molar-refractivity contribution in [1.29, 1.82) is 0 Å². The number of methoxy groups -OCH3 is 2. The number of benzene rings is 1. The standard InChI is InChI=1S/C19H31N3O3/c1-24-14-12-21(13-15-25-2)16-19(23)20-17-6-8-18(9-7-17)22-10-4-3-5-11-22/h6-9H,3-5,10-16H2,1-2H3,(H,20,23). The van der Waals surface area contributed by atoms with Gasteiger partial charge in [-0.05, 0) is 43.5 Å². The molecule has 140 valence electrons. The van der Waals surface area contributed by atoms with Crippen molar-refractivity contribution < 1.29 is 14.3 Å². The first-order valence-corrected chi connectivity index (χ1v) is 9.08. The Morgan fingerprint density at radius 2 is 1.64 bits per heavy atom. The third-order valence-electron chi connectivity index (χ3n) is 4.46. The van der Waals surface area contributed by atoms with Crippen molar-refractivity contribution in [2.45, 2.75) is 19.3 Å². The van der Waals surface area contributed by atoms with Gasteiger partial charge in [-0.3, -0.25) is 9.69 Å². The van der Waals surface area contributed by atoms with Gasteiger partial charge in [0.2, 0.25) is 5.91 Å². The molecule has 25 heavy (non-hydrogen) atoms. The Balaban J connectivity index is 1.83. The lowest BCUT2D eigenvalue weighted by Crippen LogP contribution is -2.37. The van der Waals surface area contributed by atoms with Crippen molar-refractivity contribution in [1.82, 2.24) is 4.90 Å². The second-order valence-electron chi connectivity index (χ2n) is 6.40. The number of hydrogen-bond acceptors (Lipinski definition) is 5. The number of anilines is 2. The maximum atomic E-state index is 12.3. The molecule has 0 aromatic heterocycles. The normalized spacial score (nSPS) is 14.8. The third-order valence-corrected chi connectivity index (χ3v) is 4.46. The number of carbonyl (C=O) groups is 1.